The molecule has 2 aromatic carbocycles. The van der Waals surface area contributed by atoms with Gasteiger partial charge in [0, 0.05) is 26.3 Å². The summed E-state index contributed by atoms with van der Waals surface area (Å²) in [6, 6.07) is 21.8. The maximum Gasteiger partial charge on any atom is 0.268 e. The lowest BCUT2D eigenvalue weighted by molar-refractivity contribution is -0.175. The highest BCUT2D eigenvalue weighted by molar-refractivity contribution is 5.93. The minimum atomic E-state index is -0.758. The number of aromatic nitrogens is 1. The number of nitrogens with one attached hydrogen (secondary N) is 2. The van der Waals surface area contributed by atoms with E-state index in [0.717, 1.165) is 11.1 Å². The fourth-order valence-corrected chi connectivity index (χ4v) is 3.67. The number of hydrogen-bond acceptors (Lipinski definition) is 4. The predicted octanol–water partition coefficient (Wildman–Crippen LogP) is 3.39. The molecule has 0 aliphatic carbocycles. The maximum atomic E-state index is 13.5. The summed E-state index contributed by atoms with van der Waals surface area (Å²) in [5.74, 6) is -0.608. The van der Waals surface area contributed by atoms with Gasteiger partial charge in [-0.25, -0.2) is 5.06 Å². The molecule has 33 heavy (non-hydrogen) atoms. The number of rotatable bonds is 11. The zero-order chi connectivity index (χ0) is 23.6. The molecule has 7 nitrogen and oxygen atoms in total. The minimum absolute atomic E-state index is 0.291. The Bertz CT molecular complexity index is 981. The van der Waals surface area contributed by atoms with E-state index in [1.165, 1.54) is 12.2 Å². The number of benzene rings is 2. The van der Waals surface area contributed by atoms with Gasteiger partial charge in [-0.3, -0.25) is 19.3 Å². The van der Waals surface area contributed by atoms with Crippen LogP contribution >= 0.6 is 0 Å². The second-order valence-electron chi connectivity index (χ2n) is 7.66. The third kappa shape index (κ3) is 6.41. The maximum absolute atomic E-state index is 13.5. The van der Waals surface area contributed by atoms with E-state index in [1.54, 1.807) is 31.5 Å². The van der Waals surface area contributed by atoms with Gasteiger partial charge in [0.25, 0.3) is 11.8 Å². The Morgan fingerprint density at radius 2 is 1.58 bits per heavy atom. The van der Waals surface area contributed by atoms with E-state index in [1.807, 2.05) is 65.6 Å². The predicted molar refractivity (Wildman–Crippen MR) is 128 cm³/mol. The van der Waals surface area contributed by atoms with Crippen LogP contribution in [0.1, 0.15) is 21.6 Å². The standard InChI is InChI=1S/C26H30N4O3/c1-4-22(28-25(31)23-16-11-17-27-23)24(26(32)29(2)33-3)30(18-20-12-7-5-8-13-20)19-21-14-9-6-10-15-21/h4-17,22,24,27H,1,18-19H2,2-3H3,(H,28,31)/t22-,24+/m1/s1. The van der Waals surface area contributed by atoms with Gasteiger partial charge in [0.15, 0.2) is 0 Å². The first-order valence-electron chi connectivity index (χ1n) is 10.7. The van der Waals surface area contributed by atoms with Crippen LogP contribution in [0.2, 0.25) is 0 Å². The van der Waals surface area contributed by atoms with Gasteiger partial charge >= 0.3 is 0 Å². The van der Waals surface area contributed by atoms with E-state index >= 15 is 0 Å². The summed E-state index contributed by atoms with van der Waals surface area (Å²) in [5.41, 5.74) is 2.50. The molecule has 3 aromatic rings. The number of hydrogen-bond donors (Lipinski definition) is 2. The molecule has 0 fully saturated rings. The van der Waals surface area contributed by atoms with E-state index in [-0.39, 0.29) is 11.8 Å². The Morgan fingerprint density at radius 1 is 1.00 bits per heavy atom. The molecule has 172 valence electrons. The number of H-pyrrole nitrogens is 1. The van der Waals surface area contributed by atoms with Crippen LogP contribution in [0.4, 0.5) is 0 Å². The Kier molecular flexibility index (Phi) is 8.57. The number of nitrogens with zero attached hydrogens (tertiary/aromatic N) is 2. The Hall–Kier alpha value is -3.68. The Labute approximate surface area is 194 Å². The van der Waals surface area contributed by atoms with Crippen molar-refractivity contribution in [3.8, 4) is 0 Å². The first-order valence-corrected chi connectivity index (χ1v) is 10.7. The van der Waals surface area contributed by atoms with E-state index in [2.05, 4.69) is 16.9 Å². The molecule has 0 saturated carbocycles. The van der Waals surface area contributed by atoms with Crippen LogP contribution in [-0.2, 0) is 22.7 Å². The summed E-state index contributed by atoms with van der Waals surface area (Å²) in [6.45, 7) is 4.90. The van der Waals surface area contributed by atoms with Crippen molar-refractivity contribution < 1.29 is 14.4 Å². The lowest BCUT2D eigenvalue weighted by Gasteiger charge is -2.36. The molecule has 0 bridgehead atoms. The van der Waals surface area contributed by atoms with Crippen LogP contribution in [-0.4, -0.2) is 53.0 Å². The average Bonchev–Trinajstić information content (AvgIpc) is 3.39. The number of likely N-dealkylation sites (N-methyl/N-ethyl adjacent to an activating group) is 1. The number of amides is 2. The van der Waals surface area contributed by atoms with Crippen molar-refractivity contribution in [1.29, 1.82) is 0 Å². The van der Waals surface area contributed by atoms with Crippen molar-refractivity contribution >= 4 is 11.8 Å². The van der Waals surface area contributed by atoms with Gasteiger partial charge in [-0.05, 0) is 23.3 Å². The van der Waals surface area contributed by atoms with Crippen molar-refractivity contribution in [2.45, 2.75) is 25.2 Å². The molecule has 0 unspecified atom stereocenters. The molecule has 2 atom stereocenters. The highest BCUT2D eigenvalue weighted by Gasteiger charge is 2.36. The number of carbonyl (C=O) groups excluding carboxylic acids is 2. The topological polar surface area (TPSA) is 77.7 Å². The quantitative estimate of drug-likeness (QED) is 0.350. The van der Waals surface area contributed by atoms with Crippen LogP contribution in [0.3, 0.4) is 0 Å². The van der Waals surface area contributed by atoms with Gasteiger partial charge in [-0.1, -0.05) is 66.7 Å². The summed E-state index contributed by atoms with van der Waals surface area (Å²) in [4.78, 5) is 36.5. The number of hydroxylamine groups is 2. The molecule has 2 amide bonds. The smallest absolute Gasteiger partial charge is 0.268 e. The van der Waals surface area contributed by atoms with Crippen molar-refractivity contribution in [3.05, 3.63) is 108 Å². The molecule has 1 heterocycles. The molecular weight excluding hydrogens is 416 g/mol. The SMILES string of the molecule is C=C[C@@H](NC(=O)c1ccc[nH]1)[C@@H](C(=O)N(C)OC)N(Cc1ccccc1)Cc1ccccc1. The summed E-state index contributed by atoms with van der Waals surface area (Å²) in [5, 5.41) is 4.13. The summed E-state index contributed by atoms with van der Waals surface area (Å²) >= 11 is 0. The van der Waals surface area contributed by atoms with E-state index < -0.39 is 12.1 Å². The number of aromatic amines is 1. The summed E-state index contributed by atoms with van der Waals surface area (Å²) in [6.07, 6.45) is 3.27. The van der Waals surface area contributed by atoms with E-state index in [0.29, 0.717) is 18.8 Å². The van der Waals surface area contributed by atoms with Crippen LogP contribution < -0.4 is 5.32 Å². The molecule has 0 saturated heterocycles. The Morgan fingerprint density at radius 3 is 2.03 bits per heavy atom. The van der Waals surface area contributed by atoms with Gasteiger partial charge < -0.3 is 10.3 Å². The molecule has 1 aromatic heterocycles. The van der Waals surface area contributed by atoms with Gasteiger partial charge in [-0.15, -0.1) is 6.58 Å². The van der Waals surface area contributed by atoms with Gasteiger partial charge in [0.2, 0.25) is 0 Å². The van der Waals surface area contributed by atoms with E-state index in [4.69, 9.17) is 4.84 Å². The van der Waals surface area contributed by atoms with Crippen LogP contribution in [0.25, 0.3) is 0 Å². The lowest BCUT2D eigenvalue weighted by Crippen LogP contribution is -2.57. The molecule has 0 spiro atoms. The van der Waals surface area contributed by atoms with Gasteiger partial charge in [0.05, 0.1) is 13.2 Å². The monoisotopic (exact) mass is 446 g/mol. The zero-order valence-electron chi connectivity index (χ0n) is 19.0. The Balaban J connectivity index is 1.98. The highest BCUT2D eigenvalue weighted by atomic mass is 16.7. The lowest BCUT2D eigenvalue weighted by atomic mass is 10.0. The minimum Gasteiger partial charge on any atom is -0.357 e. The normalized spacial score (nSPS) is 12.7. The third-order valence-electron chi connectivity index (χ3n) is 5.42. The molecule has 7 heteroatoms. The van der Waals surface area contributed by atoms with E-state index in [9.17, 15) is 9.59 Å². The molecule has 0 aliphatic rings. The third-order valence-corrected chi connectivity index (χ3v) is 5.42. The fourth-order valence-electron chi connectivity index (χ4n) is 3.67. The largest absolute Gasteiger partial charge is 0.357 e. The van der Waals surface area contributed by atoms with Gasteiger partial charge in [0.1, 0.15) is 11.7 Å². The molecule has 0 radical (unpaired) electrons. The van der Waals surface area contributed by atoms with Crippen LogP contribution in [0.5, 0.6) is 0 Å². The van der Waals surface area contributed by atoms with Crippen LogP contribution in [0, 0.1) is 0 Å². The fraction of sp³-hybridized carbons (Fsp3) is 0.231. The first kappa shape index (κ1) is 24.0. The van der Waals surface area contributed by atoms with Crippen molar-refractivity contribution in [2.24, 2.45) is 0 Å². The number of carbonyl (C=O) groups is 2. The van der Waals surface area contributed by atoms with Crippen molar-refractivity contribution in [2.75, 3.05) is 14.2 Å². The van der Waals surface area contributed by atoms with Gasteiger partial charge in [-0.2, -0.15) is 0 Å². The molecule has 0 aliphatic heterocycles. The summed E-state index contributed by atoms with van der Waals surface area (Å²) in [7, 11) is 3.00. The summed E-state index contributed by atoms with van der Waals surface area (Å²) < 4.78 is 0. The van der Waals surface area contributed by atoms with Crippen molar-refractivity contribution in [3.63, 3.8) is 0 Å². The second-order valence-corrected chi connectivity index (χ2v) is 7.66. The zero-order valence-corrected chi connectivity index (χ0v) is 19.0. The van der Waals surface area contributed by atoms with Crippen molar-refractivity contribution in [1.82, 2.24) is 20.3 Å². The highest BCUT2D eigenvalue weighted by Crippen LogP contribution is 2.19. The molecular formula is C26H30N4O3. The van der Waals surface area contributed by atoms with Crippen LogP contribution in [0.15, 0.2) is 91.6 Å². The molecule has 2 N–H and O–H groups in total. The molecule has 3 rings (SSSR count). The average molecular weight is 447 g/mol. The first-order chi connectivity index (χ1) is 16.0. The second kappa shape index (κ2) is 11.8.